The van der Waals surface area contributed by atoms with Gasteiger partial charge in [-0.15, -0.1) is 0 Å². The lowest BCUT2D eigenvalue weighted by atomic mass is 9.99. The molecule has 0 aromatic carbocycles. The second-order valence-corrected chi connectivity index (χ2v) is 7.17. The van der Waals surface area contributed by atoms with Gasteiger partial charge in [0.15, 0.2) is 0 Å². The topological polar surface area (TPSA) is 60.2 Å². The molecule has 1 amide bonds. The molecule has 134 valence electrons. The van der Waals surface area contributed by atoms with Crippen LogP contribution in [0.15, 0.2) is 22.8 Å². The van der Waals surface area contributed by atoms with Crippen molar-refractivity contribution in [3.63, 3.8) is 0 Å². The smallest absolute Gasteiger partial charge is 0.236 e. The van der Waals surface area contributed by atoms with Gasteiger partial charge in [-0.25, -0.2) is 0 Å². The number of piperazine rings is 1. The van der Waals surface area contributed by atoms with E-state index in [9.17, 15) is 9.90 Å². The molecule has 1 aromatic heterocycles. The van der Waals surface area contributed by atoms with Crippen molar-refractivity contribution in [1.82, 2.24) is 14.7 Å². The number of aliphatic hydroxyl groups is 1. The summed E-state index contributed by atoms with van der Waals surface area (Å²) in [7, 11) is 0. The predicted molar refractivity (Wildman–Crippen MR) is 91.5 cm³/mol. The molecule has 2 fully saturated rings. The van der Waals surface area contributed by atoms with Gasteiger partial charge in [0, 0.05) is 45.8 Å². The molecule has 0 radical (unpaired) electrons. The quantitative estimate of drug-likeness (QED) is 0.876. The maximum absolute atomic E-state index is 12.4. The zero-order valence-electron chi connectivity index (χ0n) is 14.6. The zero-order valence-corrected chi connectivity index (χ0v) is 14.6. The van der Waals surface area contributed by atoms with Gasteiger partial charge >= 0.3 is 0 Å². The van der Waals surface area contributed by atoms with Gasteiger partial charge in [-0.2, -0.15) is 0 Å². The second-order valence-electron chi connectivity index (χ2n) is 7.17. The van der Waals surface area contributed by atoms with Gasteiger partial charge in [0.25, 0.3) is 0 Å². The van der Waals surface area contributed by atoms with E-state index in [1.807, 2.05) is 4.90 Å². The molecule has 6 nitrogen and oxygen atoms in total. The minimum atomic E-state index is -0.580. The van der Waals surface area contributed by atoms with E-state index in [-0.39, 0.29) is 5.91 Å². The van der Waals surface area contributed by atoms with Crippen LogP contribution in [-0.2, 0) is 4.79 Å². The number of carbonyl (C=O) groups excluding carboxylic acids is 1. The third kappa shape index (κ3) is 4.59. The van der Waals surface area contributed by atoms with Crippen molar-refractivity contribution >= 4 is 5.91 Å². The highest BCUT2D eigenvalue weighted by atomic mass is 16.4. The fourth-order valence-electron chi connectivity index (χ4n) is 3.49. The van der Waals surface area contributed by atoms with Crippen LogP contribution >= 0.6 is 0 Å². The van der Waals surface area contributed by atoms with Gasteiger partial charge in [0.05, 0.1) is 12.8 Å². The van der Waals surface area contributed by atoms with Gasteiger partial charge < -0.3 is 14.4 Å². The van der Waals surface area contributed by atoms with Gasteiger partial charge in [-0.05, 0) is 30.9 Å². The number of hydrogen-bond donors (Lipinski definition) is 1. The number of amides is 1. The number of carbonyl (C=O) groups is 1. The van der Waals surface area contributed by atoms with E-state index < -0.39 is 6.10 Å². The van der Waals surface area contributed by atoms with Crippen molar-refractivity contribution < 1.29 is 14.3 Å². The standard InChI is InChI=1S/C18H29N3O3/c1-15-4-6-21(7-5-15)18(23)14-20-10-8-19(9-11-20)13-16(22)17-3-2-12-24-17/h2-3,12,15-16,22H,4-11,13-14H2,1H3/t16-/m0/s1. The maximum atomic E-state index is 12.4. The van der Waals surface area contributed by atoms with E-state index in [0.29, 0.717) is 18.8 Å². The zero-order chi connectivity index (χ0) is 16.9. The number of furan rings is 1. The Morgan fingerprint density at radius 2 is 1.88 bits per heavy atom. The van der Waals surface area contributed by atoms with E-state index in [1.54, 1.807) is 18.4 Å². The monoisotopic (exact) mass is 335 g/mol. The Balaban J connectivity index is 1.38. The Kier molecular flexibility index (Phi) is 5.92. The molecule has 0 unspecified atom stereocenters. The molecular formula is C18H29N3O3. The summed E-state index contributed by atoms with van der Waals surface area (Å²) < 4.78 is 5.25. The van der Waals surface area contributed by atoms with E-state index >= 15 is 0 Å². The van der Waals surface area contributed by atoms with Crippen molar-refractivity contribution in [3.8, 4) is 0 Å². The van der Waals surface area contributed by atoms with E-state index in [1.165, 1.54) is 0 Å². The summed E-state index contributed by atoms with van der Waals surface area (Å²) in [5.41, 5.74) is 0. The molecule has 0 saturated carbocycles. The van der Waals surface area contributed by atoms with Gasteiger partial charge in [0.1, 0.15) is 11.9 Å². The van der Waals surface area contributed by atoms with Crippen LogP contribution in [0.25, 0.3) is 0 Å². The molecular weight excluding hydrogens is 306 g/mol. The lowest BCUT2D eigenvalue weighted by Gasteiger charge is -2.37. The van der Waals surface area contributed by atoms with Crippen LogP contribution < -0.4 is 0 Å². The summed E-state index contributed by atoms with van der Waals surface area (Å²) in [6.45, 7) is 8.71. The molecule has 2 aliphatic heterocycles. The summed E-state index contributed by atoms with van der Waals surface area (Å²) in [5.74, 6) is 1.64. The van der Waals surface area contributed by atoms with Crippen molar-refractivity contribution in [3.05, 3.63) is 24.2 Å². The van der Waals surface area contributed by atoms with Crippen LogP contribution in [0.1, 0.15) is 31.6 Å². The van der Waals surface area contributed by atoms with Crippen LogP contribution in [0.2, 0.25) is 0 Å². The number of aliphatic hydroxyl groups excluding tert-OH is 1. The Morgan fingerprint density at radius 3 is 2.50 bits per heavy atom. The van der Waals surface area contributed by atoms with E-state index in [2.05, 4.69) is 16.7 Å². The largest absolute Gasteiger partial charge is 0.467 e. The number of nitrogens with zero attached hydrogens (tertiary/aromatic N) is 3. The molecule has 3 heterocycles. The molecule has 6 heteroatoms. The third-order valence-electron chi connectivity index (χ3n) is 5.26. The van der Waals surface area contributed by atoms with Crippen molar-refractivity contribution in [1.29, 1.82) is 0 Å². The highest BCUT2D eigenvalue weighted by Crippen LogP contribution is 2.17. The fraction of sp³-hybridized carbons (Fsp3) is 0.722. The first kappa shape index (κ1) is 17.5. The van der Waals surface area contributed by atoms with Crippen LogP contribution in [-0.4, -0.2) is 78.1 Å². The molecule has 0 bridgehead atoms. The Bertz CT molecular complexity index is 504. The number of piperidine rings is 1. The Morgan fingerprint density at radius 1 is 1.21 bits per heavy atom. The average molecular weight is 335 g/mol. The minimum Gasteiger partial charge on any atom is -0.467 e. The average Bonchev–Trinajstić information content (AvgIpc) is 3.12. The number of β-amino-alcohol motifs (C(OH)–C–C–N with tert-alkyl or cyclic N) is 1. The van der Waals surface area contributed by atoms with Crippen molar-refractivity contribution in [2.75, 3.05) is 52.4 Å². The lowest BCUT2D eigenvalue weighted by molar-refractivity contribution is -0.134. The second kappa shape index (κ2) is 8.14. The first-order valence-electron chi connectivity index (χ1n) is 9.06. The van der Waals surface area contributed by atoms with Crippen LogP contribution in [0.4, 0.5) is 0 Å². The first-order chi connectivity index (χ1) is 11.6. The normalized spacial score (nSPS) is 22.7. The molecule has 2 saturated heterocycles. The molecule has 3 rings (SSSR count). The molecule has 1 atom stereocenters. The summed E-state index contributed by atoms with van der Waals surface area (Å²) in [5, 5.41) is 10.2. The molecule has 0 spiro atoms. The fourth-order valence-corrected chi connectivity index (χ4v) is 3.49. The molecule has 1 aromatic rings. The van der Waals surface area contributed by atoms with E-state index in [4.69, 9.17) is 4.42 Å². The SMILES string of the molecule is CC1CCN(C(=O)CN2CCN(C[C@H](O)c3ccco3)CC2)CC1. The predicted octanol–water partition coefficient (Wildman–Crippen LogP) is 1.19. The number of rotatable bonds is 5. The minimum absolute atomic E-state index is 0.269. The Labute approximate surface area is 144 Å². The summed E-state index contributed by atoms with van der Waals surface area (Å²) in [6, 6.07) is 3.60. The van der Waals surface area contributed by atoms with Gasteiger partial charge in [-0.3, -0.25) is 14.6 Å². The summed E-state index contributed by atoms with van der Waals surface area (Å²) in [4.78, 5) is 18.9. The van der Waals surface area contributed by atoms with Crippen molar-refractivity contribution in [2.45, 2.75) is 25.9 Å². The molecule has 24 heavy (non-hydrogen) atoms. The van der Waals surface area contributed by atoms with Crippen LogP contribution in [0.3, 0.4) is 0 Å². The van der Waals surface area contributed by atoms with Crippen LogP contribution in [0.5, 0.6) is 0 Å². The molecule has 2 aliphatic rings. The van der Waals surface area contributed by atoms with Gasteiger partial charge in [0.2, 0.25) is 5.91 Å². The first-order valence-corrected chi connectivity index (χ1v) is 9.06. The summed E-state index contributed by atoms with van der Waals surface area (Å²) in [6.07, 6.45) is 3.26. The molecule has 0 aliphatic carbocycles. The van der Waals surface area contributed by atoms with E-state index in [0.717, 1.165) is 58.0 Å². The summed E-state index contributed by atoms with van der Waals surface area (Å²) >= 11 is 0. The van der Waals surface area contributed by atoms with Crippen LogP contribution in [0, 0.1) is 5.92 Å². The highest BCUT2D eigenvalue weighted by Gasteiger charge is 2.25. The Hall–Kier alpha value is -1.37. The lowest BCUT2D eigenvalue weighted by Crippen LogP contribution is -2.51. The number of likely N-dealkylation sites (tertiary alicyclic amines) is 1. The third-order valence-corrected chi connectivity index (χ3v) is 5.26. The van der Waals surface area contributed by atoms with Crippen molar-refractivity contribution in [2.24, 2.45) is 5.92 Å². The highest BCUT2D eigenvalue weighted by molar-refractivity contribution is 5.78. The maximum Gasteiger partial charge on any atom is 0.236 e. The number of hydrogen-bond acceptors (Lipinski definition) is 5. The molecule has 1 N–H and O–H groups in total. The van der Waals surface area contributed by atoms with Gasteiger partial charge in [-0.1, -0.05) is 6.92 Å².